The number of carbonyl (C=O) groups is 2. The van der Waals surface area contributed by atoms with Gasteiger partial charge in [0.1, 0.15) is 11.2 Å². The van der Waals surface area contributed by atoms with Crippen LogP contribution in [0.15, 0.2) is 194 Å². The Kier molecular flexibility index (Phi) is 12.3. The lowest BCUT2D eigenvalue weighted by Crippen LogP contribution is -2.42. The Morgan fingerprint density at radius 2 is 0.704 bits per heavy atom. The molecule has 0 unspecified atom stereocenters. The van der Waals surface area contributed by atoms with E-state index < -0.39 is 35.0 Å². The summed E-state index contributed by atoms with van der Waals surface area (Å²) < 4.78 is 25.0. The van der Waals surface area contributed by atoms with Crippen molar-refractivity contribution in [3.8, 4) is 0 Å². The second-order valence-corrected chi connectivity index (χ2v) is 12.9. The van der Waals surface area contributed by atoms with Crippen LogP contribution in [0.25, 0.3) is 0 Å². The molecule has 6 aromatic rings. The molecule has 0 saturated heterocycles. The molecule has 0 aromatic heterocycles. The predicted octanol–water partition coefficient (Wildman–Crippen LogP) is 9.14. The van der Waals surface area contributed by atoms with Crippen LogP contribution in [-0.4, -0.2) is 39.4 Å². The van der Waals surface area contributed by atoms with Gasteiger partial charge in [-0.25, -0.2) is 4.79 Å². The first-order chi connectivity index (χ1) is 26.5. The Hall–Kier alpha value is -6.08. The molecule has 0 spiro atoms. The van der Waals surface area contributed by atoms with Gasteiger partial charge in [-0.1, -0.05) is 189 Å². The molecule has 54 heavy (non-hydrogen) atoms. The smallest absolute Gasteiger partial charge is 0.333 e. The van der Waals surface area contributed by atoms with E-state index in [0.29, 0.717) is 0 Å². The van der Waals surface area contributed by atoms with Crippen LogP contribution in [0.2, 0.25) is 0 Å². The average molecular weight is 717 g/mol. The van der Waals surface area contributed by atoms with Crippen molar-refractivity contribution in [1.29, 1.82) is 0 Å². The molecular formula is C48H44O6. The van der Waals surface area contributed by atoms with Crippen molar-refractivity contribution >= 4 is 11.9 Å². The fourth-order valence-corrected chi connectivity index (χ4v) is 7.21. The molecule has 0 N–H and O–H groups in total. The maximum Gasteiger partial charge on any atom is 0.333 e. The van der Waals surface area contributed by atoms with E-state index in [1.165, 1.54) is 14.2 Å². The van der Waals surface area contributed by atoms with Crippen LogP contribution >= 0.6 is 0 Å². The van der Waals surface area contributed by atoms with Gasteiger partial charge >= 0.3 is 11.9 Å². The van der Waals surface area contributed by atoms with Crippen LogP contribution in [0.4, 0.5) is 0 Å². The zero-order valence-electron chi connectivity index (χ0n) is 30.5. The van der Waals surface area contributed by atoms with Gasteiger partial charge in [0.2, 0.25) is 0 Å². The zero-order valence-corrected chi connectivity index (χ0v) is 30.5. The van der Waals surface area contributed by atoms with Gasteiger partial charge in [-0.3, -0.25) is 4.79 Å². The van der Waals surface area contributed by atoms with E-state index in [1.54, 1.807) is 0 Å². The monoisotopic (exact) mass is 716 g/mol. The summed E-state index contributed by atoms with van der Waals surface area (Å²) in [5.41, 5.74) is 2.97. The van der Waals surface area contributed by atoms with E-state index in [0.717, 1.165) is 33.4 Å². The lowest BCUT2D eigenvalue weighted by atomic mass is 9.79. The SMILES string of the molecule is C=C(C(=O)OC)[C@@H](COC(c1ccccc1)(c1ccccc1)c1ccccc1)[C@@H](COC(c1ccccc1)(c1ccccc1)c1ccccc1)C(=O)OC. The predicted molar refractivity (Wildman–Crippen MR) is 210 cm³/mol. The van der Waals surface area contributed by atoms with Gasteiger partial charge in [0.15, 0.2) is 0 Å². The minimum absolute atomic E-state index is 0.0596. The summed E-state index contributed by atoms with van der Waals surface area (Å²) in [5, 5.41) is 0. The summed E-state index contributed by atoms with van der Waals surface area (Å²) in [6, 6.07) is 59.4. The molecule has 6 nitrogen and oxygen atoms in total. The van der Waals surface area contributed by atoms with Crippen molar-refractivity contribution in [1.82, 2.24) is 0 Å². The number of esters is 2. The normalized spacial score (nSPS) is 12.6. The van der Waals surface area contributed by atoms with Crippen LogP contribution in [0, 0.1) is 11.8 Å². The molecular weight excluding hydrogens is 673 g/mol. The van der Waals surface area contributed by atoms with Crippen molar-refractivity contribution in [3.63, 3.8) is 0 Å². The Balaban J connectivity index is 1.49. The number of benzene rings is 6. The van der Waals surface area contributed by atoms with E-state index in [4.69, 9.17) is 18.9 Å². The fourth-order valence-electron chi connectivity index (χ4n) is 7.21. The van der Waals surface area contributed by atoms with Crippen LogP contribution < -0.4 is 0 Å². The van der Waals surface area contributed by atoms with Crippen LogP contribution in [0.3, 0.4) is 0 Å². The summed E-state index contributed by atoms with van der Waals surface area (Å²) in [7, 11) is 2.62. The number of hydrogen-bond donors (Lipinski definition) is 0. The molecule has 0 aliphatic rings. The van der Waals surface area contributed by atoms with Gasteiger partial charge in [0.05, 0.1) is 33.4 Å². The van der Waals surface area contributed by atoms with Gasteiger partial charge < -0.3 is 18.9 Å². The van der Waals surface area contributed by atoms with Crippen molar-refractivity contribution in [2.75, 3.05) is 27.4 Å². The molecule has 6 rings (SSSR count). The molecule has 0 heterocycles. The Morgan fingerprint density at radius 3 is 0.944 bits per heavy atom. The third kappa shape index (κ3) is 7.67. The highest BCUT2D eigenvalue weighted by atomic mass is 16.5. The third-order valence-corrected chi connectivity index (χ3v) is 9.93. The molecule has 0 saturated carbocycles. The van der Waals surface area contributed by atoms with Crippen molar-refractivity contribution in [2.45, 2.75) is 11.2 Å². The van der Waals surface area contributed by atoms with Gasteiger partial charge in [-0.05, 0) is 33.4 Å². The highest BCUT2D eigenvalue weighted by Gasteiger charge is 2.44. The summed E-state index contributed by atoms with van der Waals surface area (Å²) in [6.07, 6.45) is 0. The molecule has 272 valence electrons. The number of carbonyl (C=O) groups excluding carboxylic acids is 2. The summed E-state index contributed by atoms with van der Waals surface area (Å²) in [6.45, 7) is 3.90. The van der Waals surface area contributed by atoms with Gasteiger partial charge in [-0.2, -0.15) is 0 Å². The molecule has 0 aliphatic carbocycles. The van der Waals surface area contributed by atoms with E-state index in [1.807, 2.05) is 182 Å². The molecule has 0 aliphatic heterocycles. The molecule has 6 heteroatoms. The Labute approximate surface area is 317 Å². The van der Waals surface area contributed by atoms with Crippen LogP contribution in [-0.2, 0) is 39.7 Å². The quantitative estimate of drug-likeness (QED) is 0.0566. The third-order valence-electron chi connectivity index (χ3n) is 9.93. The van der Waals surface area contributed by atoms with Crippen LogP contribution in [0.5, 0.6) is 0 Å². The lowest BCUT2D eigenvalue weighted by molar-refractivity contribution is -0.154. The van der Waals surface area contributed by atoms with E-state index in [2.05, 4.69) is 6.58 Å². The van der Waals surface area contributed by atoms with Gasteiger partial charge in [0, 0.05) is 11.5 Å². The van der Waals surface area contributed by atoms with Crippen molar-refractivity contribution in [2.24, 2.45) is 11.8 Å². The van der Waals surface area contributed by atoms with E-state index >= 15 is 0 Å². The molecule has 6 aromatic carbocycles. The molecule has 0 radical (unpaired) electrons. The summed E-state index contributed by atoms with van der Waals surface area (Å²) in [5.74, 6) is -3.22. The van der Waals surface area contributed by atoms with Gasteiger partial charge in [-0.15, -0.1) is 0 Å². The molecule has 0 fully saturated rings. The number of methoxy groups -OCH3 is 2. The summed E-state index contributed by atoms with van der Waals surface area (Å²) in [4.78, 5) is 27.5. The van der Waals surface area contributed by atoms with E-state index in [-0.39, 0.29) is 18.8 Å². The Bertz CT molecular complexity index is 1890. The van der Waals surface area contributed by atoms with Crippen molar-refractivity contribution < 1.29 is 28.5 Å². The highest BCUT2D eigenvalue weighted by molar-refractivity contribution is 5.89. The van der Waals surface area contributed by atoms with Gasteiger partial charge in [0.25, 0.3) is 0 Å². The zero-order chi connectivity index (χ0) is 37.8. The maximum atomic E-state index is 14.1. The lowest BCUT2D eigenvalue weighted by Gasteiger charge is -2.39. The average Bonchev–Trinajstić information content (AvgIpc) is 3.26. The van der Waals surface area contributed by atoms with Crippen molar-refractivity contribution in [3.05, 3.63) is 228 Å². The first-order valence-electron chi connectivity index (χ1n) is 17.9. The molecule has 2 atom stereocenters. The largest absolute Gasteiger partial charge is 0.469 e. The first-order valence-corrected chi connectivity index (χ1v) is 17.9. The number of rotatable bonds is 16. The molecule has 0 amide bonds. The van der Waals surface area contributed by atoms with Crippen LogP contribution in [0.1, 0.15) is 33.4 Å². The topological polar surface area (TPSA) is 71.1 Å². The standard InChI is InChI=1S/C48H44O6/c1-36(45(49)51-2)43(34-53-47(37-22-10-4-11-23-37,38-24-12-5-13-25-38)39-26-14-6-15-27-39)44(46(50)52-3)35-54-48(40-28-16-7-17-29-40,41-30-18-8-19-31-41)42-32-20-9-21-33-42/h4-33,43-44H,1,34-35H2,2-3H3/t43-,44-/m1/s1. The second-order valence-electron chi connectivity index (χ2n) is 12.9. The first kappa shape index (κ1) is 37.7. The summed E-state index contributed by atoms with van der Waals surface area (Å²) >= 11 is 0. The number of hydrogen-bond acceptors (Lipinski definition) is 6. The fraction of sp³-hybridized carbons (Fsp3) is 0.167. The molecule has 0 bridgehead atoms. The minimum atomic E-state index is -1.14. The number of ether oxygens (including phenoxy) is 4. The highest BCUT2D eigenvalue weighted by Crippen LogP contribution is 2.44. The minimum Gasteiger partial charge on any atom is -0.469 e. The second kappa shape index (κ2) is 17.6. The van der Waals surface area contributed by atoms with E-state index in [9.17, 15) is 9.59 Å². The maximum absolute atomic E-state index is 14.1. The Morgan fingerprint density at radius 1 is 0.444 bits per heavy atom.